The Morgan fingerprint density at radius 1 is 1.35 bits per heavy atom. The van der Waals surface area contributed by atoms with Gasteiger partial charge in [0.2, 0.25) is 5.91 Å². The fourth-order valence-electron chi connectivity index (χ4n) is 2.80. The first-order valence-electron chi connectivity index (χ1n) is 7.24. The molecule has 1 amide bonds. The van der Waals surface area contributed by atoms with E-state index in [4.69, 9.17) is 12.2 Å². The molecule has 2 N–H and O–H groups in total. The van der Waals surface area contributed by atoms with Crippen LogP contribution in [0.3, 0.4) is 0 Å². The third-order valence-electron chi connectivity index (χ3n) is 4.37. The van der Waals surface area contributed by atoms with Gasteiger partial charge in [-0.25, -0.2) is 0 Å². The Morgan fingerprint density at radius 3 is 2.50 bits per heavy atom. The average Bonchev–Trinajstić information content (AvgIpc) is 3.33. The van der Waals surface area contributed by atoms with Gasteiger partial charge in [0.15, 0.2) is 0 Å². The number of benzene rings is 1. The largest absolute Gasteiger partial charge is 0.399 e. The molecule has 0 heterocycles. The number of nitrogens with zero attached hydrogens (tertiary/aromatic N) is 1. The maximum Gasteiger partial charge on any atom is 0.234 e. The molecule has 0 unspecified atom stereocenters. The first-order chi connectivity index (χ1) is 9.65. The van der Waals surface area contributed by atoms with Crippen molar-refractivity contribution in [1.29, 1.82) is 0 Å². The number of carbonyl (C=O) groups is 1. The number of nitrogen functional groups attached to an aromatic ring is 1. The van der Waals surface area contributed by atoms with E-state index >= 15 is 0 Å². The first kappa shape index (κ1) is 13.1. The van der Waals surface area contributed by atoms with Gasteiger partial charge in [-0.3, -0.25) is 4.79 Å². The normalized spacial score (nSPS) is 19.1. The lowest BCUT2D eigenvalue weighted by molar-refractivity contribution is -0.133. The quantitative estimate of drug-likeness (QED) is 0.657. The zero-order chi connectivity index (χ0) is 14.2. The number of nitrogens with two attached hydrogens (primary N) is 1. The molecule has 2 aliphatic rings. The Balaban J connectivity index is 1.80. The van der Waals surface area contributed by atoms with E-state index in [0.29, 0.717) is 12.5 Å². The van der Waals surface area contributed by atoms with E-state index < -0.39 is 0 Å². The standard InChI is InChI=1S/C17H20N2O/c1-2-11-19(12-13-3-4-13)16(20)17(9-10-17)14-5-7-15(18)8-6-14/h1,5-8,13H,3-4,9-12,18H2. The molecule has 2 saturated carbocycles. The molecule has 3 rings (SSSR count). The number of hydrogen-bond acceptors (Lipinski definition) is 2. The van der Waals surface area contributed by atoms with Gasteiger partial charge in [-0.1, -0.05) is 18.1 Å². The topological polar surface area (TPSA) is 46.3 Å². The van der Waals surface area contributed by atoms with Crippen LogP contribution in [0.15, 0.2) is 24.3 Å². The molecule has 0 saturated heterocycles. The zero-order valence-electron chi connectivity index (χ0n) is 11.6. The van der Waals surface area contributed by atoms with E-state index in [2.05, 4.69) is 5.92 Å². The van der Waals surface area contributed by atoms with Crippen molar-refractivity contribution >= 4 is 11.6 Å². The van der Waals surface area contributed by atoms with E-state index in [0.717, 1.165) is 30.6 Å². The molecule has 3 nitrogen and oxygen atoms in total. The van der Waals surface area contributed by atoms with Gasteiger partial charge < -0.3 is 10.6 Å². The Bertz CT molecular complexity index is 547. The van der Waals surface area contributed by atoms with Gasteiger partial charge in [0, 0.05) is 12.2 Å². The summed E-state index contributed by atoms with van der Waals surface area (Å²) in [4.78, 5) is 14.7. The minimum atomic E-state index is -0.334. The fraction of sp³-hybridized carbons (Fsp3) is 0.471. The number of carbonyl (C=O) groups excluding carboxylic acids is 1. The van der Waals surface area contributed by atoms with Gasteiger partial charge in [-0.05, 0) is 49.3 Å². The molecule has 0 spiro atoms. The molecular formula is C17H20N2O. The minimum Gasteiger partial charge on any atom is -0.399 e. The fourth-order valence-corrected chi connectivity index (χ4v) is 2.80. The third-order valence-corrected chi connectivity index (χ3v) is 4.37. The van der Waals surface area contributed by atoms with Crippen molar-refractivity contribution in [2.75, 3.05) is 18.8 Å². The molecule has 0 aliphatic heterocycles. The zero-order valence-corrected chi connectivity index (χ0v) is 11.6. The van der Waals surface area contributed by atoms with Crippen LogP contribution in [0.25, 0.3) is 0 Å². The number of amides is 1. The van der Waals surface area contributed by atoms with E-state index in [9.17, 15) is 4.79 Å². The van der Waals surface area contributed by atoms with Crippen LogP contribution in [-0.4, -0.2) is 23.9 Å². The van der Waals surface area contributed by atoms with Crippen LogP contribution in [0.2, 0.25) is 0 Å². The molecule has 3 heteroatoms. The van der Waals surface area contributed by atoms with Crippen molar-refractivity contribution in [1.82, 2.24) is 4.90 Å². The van der Waals surface area contributed by atoms with Crippen LogP contribution in [0.5, 0.6) is 0 Å². The lowest BCUT2D eigenvalue weighted by Gasteiger charge is -2.26. The first-order valence-corrected chi connectivity index (χ1v) is 7.24. The molecule has 1 aromatic carbocycles. The molecule has 2 aliphatic carbocycles. The Kier molecular flexibility index (Phi) is 3.17. The second-order valence-electron chi connectivity index (χ2n) is 6.04. The number of hydrogen-bond donors (Lipinski definition) is 1. The predicted molar refractivity (Wildman–Crippen MR) is 79.9 cm³/mol. The van der Waals surface area contributed by atoms with Gasteiger partial charge in [-0.15, -0.1) is 6.42 Å². The summed E-state index contributed by atoms with van der Waals surface area (Å²) in [5, 5.41) is 0. The van der Waals surface area contributed by atoms with Crippen molar-refractivity contribution in [2.24, 2.45) is 5.92 Å². The van der Waals surface area contributed by atoms with Crippen molar-refractivity contribution in [2.45, 2.75) is 31.1 Å². The van der Waals surface area contributed by atoms with Crippen LogP contribution in [0.1, 0.15) is 31.2 Å². The van der Waals surface area contributed by atoms with E-state index in [-0.39, 0.29) is 11.3 Å². The molecule has 20 heavy (non-hydrogen) atoms. The maximum atomic E-state index is 12.9. The number of terminal acetylenes is 1. The SMILES string of the molecule is C#CCN(CC1CC1)C(=O)C1(c2ccc(N)cc2)CC1. The second kappa shape index (κ2) is 4.86. The van der Waals surface area contributed by atoms with Gasteiger partial charge in [0.1, 0.15) is 0 Å². The summed E-state index contributed by atoms with van der Waals surface area (Å²) >= 11 is 0. The van der Waals surface area contributed by atoms with Gasteiger partial charge in [0.05, 0.1) is 12.0 Å². The summed E-state index contributed by atoms with van der Waals surface area (Å²) in [5.74, 6) is 3.49. The van der Waals surface area contributed by atoms with E-state index in [1.54, 1.807) is 0 Å². The smallest absolute Gasteiger partial charge is 0.234 e. The minimum absolute atomic E-state index is 0.201. The molecule has 0 radical (unpaired) electrons. The molecule has 1 aromatic rings. The molecule has 2 fully saturated rings. The van der Waals surface area contributed by atoms with Gasteiger partial charge >= 0.3 is 0 Å². The van der Waals surface area contributed by atoms with Crippen molar-refractivity contribution in [3.8, 4) is 12.3 Å². The van der Waals surface area contributed by atoms with Crippen LogP contribution < -0.4 is 5.73 Å². The average molecular weight is 268 g/mol. The van der Waals surface area contributed by atoms with Gasteiger partial charge in [0.25, 0.3) is 0 Å². The number of rotatable bonds is 5. The maximum absolute atomic E-state index is 12.9. The highest BCUT2D eigenvalue weighted by atomic mass is 16.2. The van der Waals surface area contributed by atoms with Crippen LogP contribution in [0.4, 0.5) is 5.69 Å². The predicted octanol–water partition coefficient (Wildman–Crippen LogP) is 2.17. The Hall–Kier alpha value is -1.95. The second-order valence-corrected chi connectivity index (χ2v) is 6.04. The van der Waals surface area contributed by atoms with Gasteiger partial charge in [-0.2, -0.15) is 0 Å². The van der Waals surface area contributed by atoms with Crippen molar-refractivity contribution < 1.29 is 4.79 Å². The number of anilines is 1. The summed E-state index contributed by atoms with van der Waals surface area (Å²) < 4.78 is 0. The molecule has 0 bridgehead atoms. The third kappa shape index (κ3) is 2.38. The molecule has 104 valence electrons. The Morgan fingerprint density at radius 2 is 2.00 bits per heavy atom. The highest BCUT2D eigenvalue weighted by molar-refractivity contribution is 5.91. The summed E-state index contributed by atoms with van der Waals surface area (Å²) in [5.41, 5.74) is 7.20. The van der Waals surface area contributed by atoms with Crippen LogP contribution >= 0.6 is 0 Å². The van der Waals surface area contributed by atoms with Crippen molar-refractivity contribution in [3.05, 3.63) is 29.8 Å². The molecule has 0 aromatic heterocycles. The van der Waals surface area contributed by atoms with E-state index in [1.807, 2.05) is 29.2 Å². The summed E-state index contributed by atoms with van der Waals surface area (Å²) in [6.07, 6.45) is 9.71. The Labute approximate surface area is 120 Å². The summed E-state index contributed by atoms with van der Waals surface area (Å²) in [6.45, 7) is 1.24. The van der Waals surface area contributed by atoms with Crippen LogP contribution in [0, 0.1) is 18.3 Å². The summed E-state index contributed by atoms with van der Waals surface area (Å²) in [6, 6.07) is 7.70. The monoisotopic (exact) mass is 268 g/mol. The lowest BCUT2D eigenvalue weighted by atomic mass is 9.94. The highest BCUT2D eigenvalue weighted by Gasteiger charge is 2.53. The lowest BCUT2D eigenvalue weighted by Crippen LogP contribution is -2.40. The molecular weight excluding hydrogens is 248 g/mol. The highest BCUT2D eigenvalue weighted by Crippen LogP contribution is 2.50. The van der Waals surface area contributed by atoms with Crippen molar-refractivity contribution in [3.63, 3.8) is 0 Å². The summed E-state index contributed by atoms with van der Waals surface area (Å²) in [7, 11) is 0. The molecule has 0 atom stereocenters. The van der Waals surface area contributed by atoms with E-state index in [1.165, 1.54) is 12.8 Å². The van der Waals surface area contributed by atoms with Crippen LogP contribution in [-0.2, 0) is 10.2 Å².